The fraction of sp³-hybridized carbons (Fsp3) is 0. The summed E-state index contributed by atoms with van der Waals surface area (Å²) in [5.41, 5.74) is 0. The van der Waals surface area contributed by atoms with Gasteiger partial charge in [0.05, 0.1) is 9.55 Å². The second-order valence-corrected chi connectivity index (χ2v) is 0. The Balaban J connectivity index is -0.00000000167. The maximum absolute atomic E-state index is 9.42. The molecule has 0 bridgehead atoms. The van der Waals surface area contributed by atoms with Gasteiger partial charge in [0.1, 0.15) is 0 Å². The number of hydrogen-bond donors (Lipinski definition) is 0. The minimum atomic E-state index is 0. The molecule has 0 nitrogen and oxygen atoms in total. The van der Waals surface area contributed by atoms with Crippen molar-refractivity contribution in [2.24, 2.45) is 0 Å². The van der Waals surface area contributed by atoms with Crippen molar-refractivity contribution in [3.8, 4) is 0 Å². The number of halogens is 1. The maximum Gasteiger partial charge on any atom is 1.00 e. The van der Waals surface area contributed by atoms with E-state index in [1.165, 1.54) is 0 Å². The molecule has 1 atom stereocenters. The first kappa shape index (κ1) is 17.9. The topological polar surface area (TPSA) is 0 Å². The molecule has 4 heteroatoms. The normalized spacial score (nSPS) is 1.50. The molecular weight excluding hydrogens is 83.9 g/mol. The van der Waals surface area contributed by atoms with Crippen LogP contribution in [0.5, 0.6) is 0 Å². The zero-order chi connectivity index (χ0) is 2.00. The standard InChI is InChI=1S/Al.FH2P.Li.4H/c;1-2;;;;;/h;2H2;;;;;/q;;+1;;;;-1. The molecule has 0 aromatic carbocycles. The fourth-order valence-electron chi connectivity index (χ4n) is 0. The second kappa shape index (κ2) is 24.6. The average Bonchev–Trinajstić information content (AvgIpc) is 1.00. The molecule has 0 spiro atoms. The molecule has 1 unspecified atom stereocenters. The molecule has 0 aliphatic heterocycles. The van der Waals surface area contributed by atoms with Crippen LogP contribution >= 0.6 is 9.55 Å². The maximum atomic E-state index is 9.42. The van der Waals surface area contributed by atoms with Crippen molar-refractivity contribution >= 4 is 26.9 Å². The molecule has 0 saturated carbocycles. The Kier molecular flexibility index (Phi) is 110. The molecule has 0 fully saturated rings. The smallest absolute Gasteiger partial charge is 1.00 e. The summed E-state index contributed by atoms with van der Waals surface area (Å²) in [6, 6.07) is 0. The minimum absolute atomic E-state index is 0. The third-order valence-electron chi connectivity index (χ3n) is 0. The molecule has 0 heterocycles. The van der Waals surface area contributed by atoms with Gasteiger partial charge in [-0.3, -0.25) is 0 Å². The van der Waals surface area contributed by atoms with E-state index in [2.05, 4.69) is 0 Å². The molecule has 4 heavy (non-hydrogen) atoms. The van der Waals surface area contributed by atoms with E-state index in [0.717, 1.165) is 9.55 Å². The van der Waals surface area contributed by atoms with Crippen molar-refractivity contribution in [2.45, 2.75) is 0 Å². The van der Waals surface area contributed by atoms with Crippen LogP contribution in [0.2, 0.25) is 0 Å². The van der Waals surface area contributed by atoms with Crippen LogP contribution in [0.4, 0.5) is 4.20 Å². The predicted octanol–water partition coefficient (Wildman–Crippen LogP) is -3.32. The van der Waals surface area contributed by atoms with Crippen molar-refractivity contribution in [1.82, 2.24) is 0 Å². The summed E-state index contributed by atoms with van der Waals surface area (Å²) in [5.74, 6) is 0. The average molecular weight is 89.9 g/mol. The van der Waals surface area contributed by atoms with Crippen molar-refractivity contribution in [2.75, 3.05) is 0 Å². The van der Waals surface area contributed by atoms with Crippen molar-refractivity contribution in [3.63, 3.8) is 0 Å². The van der Waals surface area contributed by atoms with Gasteiger partial charge >= 0.3 is 18.9 Å². The minimum Gasteiger partial charge on any atom is -1.00 e. The molecule has 0 N–H and O–H groups in total. The van der Waals surface area contributed by atoms with E-state index in [1.807, 2.05) is 0 Å². The van der Waals surface area contributed by atoms with Crippen LogP contribution < -0.4 is 18.9 Å². The summed E-state index contributed by atoms with van der Waals surface area (Å²) < 4.78 is 9.42. The van der Waals surface area contributed by atoms with Crippen LogP contribution in [-0.2, 0) is 0 Å². The van der Waals surface area contributed by atoms with Crippen LogP contribution in [0.15, 0.2) is 0 Å². The summed E-state index contributed by atoms with van der Waals surface area (Å²) in [5, 5.41) is 0. The monoisotopic (exact) mass is 90.0 g/mol. The van der Waals surface area contributed by atoms with Gasteiger partial charge in [-0.25, -0.2) is 4.20 Å². The Morgan fingerprint density at radius 3 is 1.50 bits per heavy atom. The van der Waals surface area contributed by atoms with Gasteiger partial charge in [-0.2, -0.15) is 0 Å². The summed E-state index contributed by atoms with van der Waals surface area (Å²) in [6.07, 6.45) is 0. The van der Waals surface area contributed by atoms with E-state index >= 15 is 0 Å². The van der Waals surface area contributed by atoms with Gasteiger partial charge in [0.15, 0.2) is 17.4 Å². The third-order valence-corrected chi connectivity index (χ3v) is 0. The van der Waals surface area contributed by atoms with Crippen LogP contribution in [-0.4, -0.2) is 17.4 Å². The van der Waals surface area contributed by atoms with E-state index in [-0.39, 0.29) is 37.6 Å². The molecule has 0 aromatic heterocycles. The van der Waals surface area contributed by atoms with Gasteiger partial charge in [0.2, 0.25) is 0 Å². The van der Waals surface area contributed by atoms with Gasteiger partial charge in [-0.05, 0) is 0 Å². The third kappa shape index (κ3) is 9.75. The first-order chi connectivity index (χ1) is 1.00. The van der Waals surface area contributed by atoms with Gasteiger partial charge in [0, 0.05) is 0 Å². The van der Waals surface area contributed by atoms with Crippen LogP contribution in [0, 0.1) is 0 Å². The van der Waals surface area contributed by atoms with Gasteiger partial charge in [-0.15, -0.1) is 0 Å². The van der Waals surface area contributed by atoms with E-state index in [9.17, 15) is 4.20 Å². The Hall–Kier alpha value is 1.49. The summed E-state index contributed by atoms with van der Waals surface area (Å²) in [7, 11) is 0.917. The van der Waals surface area contributed by atoms with Gasteiger partial charge in [-0.1, -0.05) is 0 Å². The predicted molar refractivity (Wildman–Crippen MR) is 21.9 cm³/mol. The molecule has 0 amide bonds. The van der Waals surface area contributed by atoms with Crippen molar-refractivity contribution < 1.29 is 24.5 Å². The quantitative estimate of drug-likeness (QED) is 0.216. The van der Waals surface area contributed by atoms with Crippen LogP contribution in [0.3, 0.4) is 0 Å². The number of rotatable bonds is 0. The SMILES string of the molecule is FP.[AlH3].[H-].[Li+]. The summed E-state index contributed by atoms with van der Waals surface area (Å²) in [4.78, 5) is 0. The van der Waals surface area contributed by atoms with Crippen LogP contribution in [0.1, 0.15) is 1.43 Å². The number of hydrogen-bond acceptors (Lipinski definition) is 0. The molecule has 0 aliphatic carbocycles. The first-order valence-corrected chi connectivity index (χ1v) is 0.655. The zero-order valence-corrected chi connectivity index (χ0v) is 3.11. The Morgan fingerprint density at radius 2 is 1.50 bits per heavy atom. The van der Waals surface area contributed by atoms with Crippen molar-refractivity contribution in [3.05, 3.63) is 0 Å². The molecule has 0 rings (SSSR count). The fourth-order valence-corrected chi connectivity index (χ4v) is 0. The van der Waals surface area contributed by atoms with Gasteiger partial charge in [0.25, 0.3) is 0 Å². The summed E-state index contributed by atoms with van der Waals surface area (Å²) >= 11 is 0. The van der Waals surface area contributed by atoms with Crippen molar-refractivity contribution in [1.29, 1.82) is 0 Å². The Labute approximate surface area is 51.6 Å². The Bertz CT molecular complexity index is 11.6. The van der Waals surface area contributed by atoms with E-state index in [4.69, 9.17) is 0 Å². The molecular formula is H6AlFLiP. The van der Waals surface area contributed by atoms with Crippen LogP contribution in [0.25, 0.3) is 0 Å². The van der Waals surface area contributed by atoms with E-state index in [0.29, 0.717) is 0 Å². The second-order valence-electron chi connectivity index (χ2n) is 0. The molecule has 0 aromatic rings. The Morgan fingerprint density at radius 1 is 1.50 bits per heavy atom. The van der Waals surface area contributed by atoms with Gasteiger partial charge < -0.3 is 1.43 Å². The van der Waals surface area contributed by atoms with E-state index < -0.39 is 0 Å². The molecule has 0 saturated heterocycles. The molecule has 22 valence electrons. The summed E-state index contributed by atoms with van der Waals surface area (Å²) in [6.45, 7) is 0. The largest absolute Gasteiger partial charge is 1.00 e. The molecule has 0 aliphatic rings. The molecule has 0 radical (unpaired) electrons. The van der Waals surface area contributed by atoms with E-state index in [1.54, 1.807) is 0 Å². The first-order valence-electron chi connectivity index (χ1n) is 0.218. The zero-order valence-electron chi connectivity index (χ0n) is 2.96.